The molecule has 0 aliphatic carbocycles. The number of carbonyl (C=O) groups excluding carboxylic acids is 1. The van der Waals surface area contributed by atoms with Gasteiger partial charge in [0.25, 0.3) is 5.91 Å². The van der Waals surface area contributed by atoms with Crippen LogP contribution in [-0.2, 0) is 19.5 Å². The number of hydrogen-bond donors (Lipinski definition) is 1. The summed E-state index contributed by atoms with van der Waals surface area (Å²) in [5.74, 6) is 2.62. The Morgan fingerprint density at radius 3 is 2.67 bits per heavy atom. The van der Waals surface area contributed by atoms with Crippen LogP contribution in [0.1, 0.15) is 93.5 Å². The molecule has 0 unspecified atom stereocenters. The van der Waals surface area contributed by atoms with E-state index in [1.165, 1.54) is 0 Å². The maximum atomic E-state index is 13.0. The molecule has 148 valence electrons. The summed E-state index contributed by atoms with van der Waals surface area (Å²) in [7, 11) is 0. The smallest absolute Gasteiger partial charge is 0.255 e. The van der Waals surface area contributed by atoms with Gasteiger partial charge in [-0.25, -0.2) is 0 Å². The van der Waals surface area contributed by atoms with Crippen molar-refractivity contribution in [3.63, 3.8) is 0 Å². The Labute approximate surface area is 161 Å². The predicted octanol–water partition coefficient (Wildman–Crippen LogP) is 3.47. The number of aromatic nitrogens is 5. The first-order valence-corrected chi connectivity index (χ1v) is 10.2. The van der Waals surface area contributed by atoms with E-state index in [0.29, 0.717) is 11.5 Å². The first-order chi connectivity index (χ1) is 12.9. The summed E-state index contributed by atoms with van der Waals surface area (Å²) in [6.07, 6.45) is 6.01. The molecule has 1 aliphatic rings. The highest BCUT2D eigenvalue weighted by Crippen LogP contribution is 2.23. The Morgan fingerprint density at radius 2 is 1.96 bits per heavy atom. The van der Waals surface area contributed by atoms with Crippen molar-refractivity contribution in [1.29, 1.82) is 0 Å². The minimum absolute atomic E-state index is 0.0878. The minimum Gasteiger partial charge on any atom is -0.342 e. The maximum Gasteiger partial charge on any atom is 0.255 e. The highest BCUT2D eigenvalue weighted by atomic mass is 16.1. The maximum absolute atomic E-state index is 13.0. The summed E-state index contributed by atoms with van der Waals surface area (Å²) in [5, 5.41) is 16.2. The largest absolute Gasteiger partial charge is 0.342 e. The molecule has 1 amide bonds. The average Bonchev–Trinajstić information content (AvgIpc) is 3.24. The topological polar surface area (TPSA) is 77.6 Å². The lowest BCUT2D eigenvalue weighted by molar-refractivity contribution is 0.0936. The second-order valence-corrected chi connectivity index (χ2v) is 8.28. The van der Waals surface area contributed by atoms with Crippen molar-refractivity contribution in [2.75, 3.05) is 0 Å². The molecular formula is C20H32N6O. The van der Waals surface area contributed by atoms with E-state index in [2.05, 4.69) is 52.9 Å². The number of nitrogens with one attached hydrogen (secondary N) is 1. The zero-order valence-electron chi connectivity index (χ0n) is 17.2. The molecule has 0 saturated heterocycles. The third-order valence-corrected chi connectivity index (χ3v) is 5.21. The quantitative estimate of drug-likeness (QED) is 0.807. The van der Waals surface area contributed by atoms with E-state index >= 15 is 0 Å². The number of hydrogen-bond acceptors (Lipinski definition) is 4. The van der Waals surface area contributed by atoms with E-state index in [1.54, 1.807) is 6.20 Å². The zero-order valence-corrected chi connectivity index (χ0v) is 17.2. The molecule has 0 radical (unpaired) electrons. The molecule has 7 heteroatoms. The van der Waals surface area contributed by atoms with Gasteiger partial charge in [-0.15, -0.1) is 10.2 Å². The van der Waals surface area contributed by atoms with Gasteiger partial charge in [0.05, 0.1) is 23.5 Å². The zero-order chi connectivity index (χ0) is 19.6. The van der Waals surface area contributed by atoms with Crippen LogP contribution in [0, 0.1) is 5.92 Å². The van der Waals surface area contributed by atoms with Crippen molar-refractivity contribution in [1.82, 2.24) is 29.9 Å². The molecule has 1 atom stereocenters. The van der Waals surface area contributed by atoms with E-state index in [9.17, 15) is 4.79 Å². The monoisotopic (exact) mass is 372 g/mol. The Balaban J connectivity index is 1.76. The van der Waals surface area contributed by atoms with Crippen LogP contribution in [0.15, 0.2) is 6.20 Å². The van der Waals surface area contributed by atoms with Crippen LogP contribution >= 0.6 is 0 Å². The van der Waals surface area contributed by atoms with Crippen molar-refractivity contribution in [2.45, 2.75) is 85.4 Å². The molecule has 0 saturated carbocycles. The van der Waals surface area contributed by atoms with Crippen molar-refractivity contribution < 1.29 is 4.79 Å². The van der Waals surface area contributed by atoms with Gasteiger partial charge in [-0.1, -0.05) is 27.7 Å². The highest BCUT2D eigenvalue weighted by Gasteiger charge is 2.25. The molecule has 1 aliphatic heterocycles. The van der Waals surface area contributed by atoms with Crippen LogP contribution in [0.3, 0.4) is 0 Å². The van der Waals surface area contributed by atoms with Crippen molar-refractivity contribution in [2.24, 2.45) is 5.92 Å². The van der Waals surface area contributed by atoms with Gasteiger partial charge in [0.15, 0.2) is 5.82 Å². The number of fused-ring (bicyclic) bond motifs is 1. The Kier molecular flexibility index (Phi) is 5.97. The lowest BCUT2D eigenvalue weighted by atomic mass is 10.0. The fraction of sp³-hybridized carbons (Fsp3) is 0.700. The van der Waals surface area contributed by atoms with Gasteiger partial charge in [0.1, 0.15) is 5.82 Å². The normalized spacial score (nSPS) is 15.2. The molecule has 0 bridgehead atoms. The Hall–Kier alpha value is -2.18. The molecule has 0 fully saturated rings. The number of carbonyl (C=O) groups is 1. The van der Waals surface area contributed by atoms with Crippen LogP contribution in [0.4, 0.5) is 0 Å². The van der Waals surface area contributed by atoms with Crippen molar-refractivity contribution in [3.8, 4) is 0 Å². The summed E-state index contributed by atoms with van der Waals surface area (Å²) in [6, 6.07) is -0.184. The first-order valence-electron chi connectivity index (χ1n) is 10.2. The summed E-state index contributed by atoms with van der Waals surface area (Å²) in [5.41, 5.74) is 1.67. The second kappa shape index (κ2) is 8.23. The lowest BCUT2D eigenvalue weighted by Gasteiger charge is -2.19. The van der Waals surface area contributed by atoms with E-state index in [4.69, 9.17) is 0 Å². The van der Waals surface area contributed by atoms with E-state index in [-0.39, 0.29) is 17.9 Å². The van der Waals surface area contributed by atoms with Gasteiger partial charge in [-0.3, -0.25) is 9.48 Å². The van der Waals surface area contributed by atoms with Crippen LogP contribution in [0.5, 0.6) is 0 Å². The predicted molar refractivity (Wildman–Crippen MR) is 105 cm³/mol. The van der Waals surface area contributed by atoms with Gasteiger partial charge in [0, 0.05) is 19.5 Å². The summed E-state index contributed by atoms with van der Waals surface area (Å²) >= 11 is 0. The average molecular weight is 373 g/mol. The molecule has 3 rings (SSSR count). The number of amides is 1. The van der Waals surface area contributed by atoms with Gasteiger partial charge >= 0.3 is 0 Å². The summed E-state index contributed by atoms with van der Waals surface area (Å²) in [6.45, 7) is 12.4. The SMILES string of the molecule is CC(C)CCn1ncc(C(=O)N[C@@H](C)c2nnc3n2CCCC3)c1C(C)C. The van der Waals surface area contributed by atoms with E-state index in [1.807, 2.05) is 11.6 Å². The van der Waals surface area contributed by atoms with E-state index < -0.39 is 0 Å². The molecule has 3 heterocycles. The molecule has 1 N–H and O–H groups in total. The molecular weight excluding hydrogens is 340 g/mol. The number of rotatable bonds is 7. The third kappa shape index (κ3) is 4.22. The van der Waals surface area contributed by atoms with Gasteiger partial charge < -0.3 is 9.88 Å². The van der Waals surface area contributed by atoms with Crippen molar-refractivity contribution in [3.05, 3.63) is 29.1 Å². The Morgan fingerprint density at radius 1 is 1.19 bits per heavy atom. The Bertz CT molecular complexity index is 788. The van der Waals surface area contributed by atoms with E-state index in [0.717, 1.165) is 56.1 Å². The van der Waals surface area contributed by atoms with Gasteiger partial charge in [-0.05, 0) is 38.0 Å². The van der Waals surface area contributed by atoms with Gasteiger partial charge in [0.2, 0.25) is 0 Å². The fourth-order valence-electron chi connectivity index (χ4n) is 3.73. The standard InChI is InChI=1S/C20H32N6O/c1-13(2)9-11-26-18(14(3)4)16(12-21-26)20(27)22-15(5)19-24-23-17-8-6-7-10-25(17)19/h12-15H,6-11H2,1-5H3,(H,22,27)/t15-/m0/s1. The lowest BCUT2D eigenvalue weighted by Crippen LogP contribution is -2.30. The third-order valence-electron chi connectivity index (χ3n) is 5.21. The molecule has 0 aromatic carbocycles. The fourth-order valence-corrected chi connectivity index (χ4v) is 3.73. The van der Waals surface area contributed by atoms with Crippen LogP contribution in [0.2, 0.25) is 0 Å². The number of nitrogens with zero attached hydrogens (tertiary/aromatic N) is 5. The van der Waals surface area contributed by atoms with Crippen LogP contribution in [0.25, 0.3) is 0 Å². The molecule has 7 nitrogen and oxygen atoms in total. The number of aryl methyl sites for hydroxylation is 2. The molecule has 2 aromatic heterocycles. The molecule has 0 spiro atoms. The van der Waals surface area contributed by atoms with Gasteiger partial charge in [-0.2, -0.15) is 5.10 Å². The highest BCUT2D eigenvalue weighted by molar-refractivity contribution is 5.95. The first kappa shape index (κ1) is 19.6. The molecule has 27 heavy (non-hydrogen) atoms. The van der Waals surface area contributed by atoms with Crippen molar-refractivity contribution >= 4 is 5.91 Å². The minimum atomic E-state index is -0.184. The molecule has 2 aromatic rings. The van der Waals surface area contributed by atoms with Crippen LogP contribution in [-0.4, -0.2) is 30.5 Å². The second-order valence-electron chi connectivity index (χ2n) is 8.28. The van der Waals surface area contributed by atoms with Crippen LogP contribution < -0.4 is 5.32 Å². The summed E-state index contributed by atoms with van der Waals surface area (Å²) < 4.78 is 4.15. The summed E-state index contributed by atoms with van der Waals surface area (Å²) in [4.78, 5) is 13.0.